The van der Waals surface area contributed by atoms with Crippen LogP contribution in [0.25, 0.3) is 0 Å². The number of hydrogen-bond acceptors (Lipinski definition) is 4. The summed E-state index contributed by atoms with van der Waals surface area (Å²) in [5, 5.41) is 0. The van der Waals surface area contributed by atoms with E-state index < -0.39 is 0 Å². The first kappa shape index (κ1) is 25.5. The zero-order chi connectivity index (χ0) is 26.5. The van der Waals surface area contributed by atoms with Crippen LogP contribution in [0.3, 0.4) is 0 Å². The maximum Gasteiger partial charge on any atom is 0.343 e. The Balaban J connectivity index is 1.34. The molecule has 0 aromatic heterocycles. The second-order valence-electron chi connectivity index (χ2n) is 10.2. The van der Waals surface area contributed by atoms with E-state index in [1.807, 2.05) is 68.4 Å². The van der Waals surface area contributed by atoms with Gasteiger partial charge in [0.05, 0.1) is 11.1 Å². The molecule has 0 aliphatic heterocycles. The summed E-state index contributed by atoms with van der Waals surface area (Å²) in [7, 11) is 0. The fraction of sp³-hybridized carbons (Fsp3) is 0.235. The third-order valence-corrected chi connectivity index (χ3v) is 7.48. The van der Waals surface area contributed by atoms with E-state index in [0.29, 0.717) is 22.6 Å². The van der Waals surface area contributed by atoms with Gasteiger partial charge in [0.25, 0.3) is 0 Å². The first-order valence-electron chi connectivity index (χ1n) is 13.2. The molecule has 192 valence electrons. The molecule has 0 unspecified atom stereocenters. The summed E-state index contributed by atoms with van der Waals surface area (Å²) in [6, 6.07) is 30.6. The van der Waals surface area contributed by atoms with Crippen molar-refractivity contribution in [2.45, 2.75) is 51.4 Å². The highest BCUT2D eigenvalue weighted by atomic mass is 16.5. The average molecular weight is 505 g/mol. The highest BCUT2D eigenvalue weighted by molar-refractivity contribution is 5.91. The smallest absolute Gasteiger partial charge is 0.343 e. The van der Waals surface area contributed by atoms with Crippen LogP contribution < -0.4 is 9.47 Å². The van der Waals surface area contributed by atoms with Crippen LogP contribution in [0.1, 0.15) is 75.1 Å². The van der Waals surface area contributed by atoms with Crippen molar-refractivity contribution in [2.75, 3.05) is 0 Å². The summed E-state index contributed by atoms with van der Waals surface area (Å²) in [6.45, 7) is 3.94. The van der Waals surface area contributed by atoms with E-state index >= 15 is 0 Å². The lowest BCUT2D eigenvalue weighted by Crippen LogP contribution is -2.30. The van der Waals surface area contributed by atoms with Crippen LogP contribution in [-0.2, 0) is 5.41 Å². The second-order valence-corrected chi connectivity index (χ2v) is 10.2. The first-order chi connectivity index (χ1) is 18.4. The van der Waals surface area contributed by atoms with Crippen molar-refractivity contribution < 1.29 is 19.1 Å². The van der Waals surface area contributed by atoms with Crippen LogP contribution in [0.5, 0.6) is 11.5 Å². The van der Waals surface area contributed by atoms with Crippen LogP contribution in [-0.4, -0.2) is 11.9 Å². The van der Waals surface area contributed by atoms with Gasteiger partial charge in [-0.05, 0) is 86.3 Å². The maximum atomic E-state index is 12.6. The van der Waals surface area contributed by atoms with Crippen LogP contribution in [0, 0.1) is 13.8 Å². The molecule has 0 N–H and O–H groups in total. The molecular formula is C34H32O4. The number of rotatable bonds is 6. The molecule has 1 aliphatic rings. The van der Waals surface area contributed by atoms with Gasteiger partial charge in [0.2, 0.25) is 0 Å². The topological polar surface area (TPSA) is 52.6 Å². The molecular weight excluding hydrogens is 472 g/mol. The van der Waals surface area contributed by atoms with Crippen LogP contribution in [0.2, 0.25) is 0 Å². The highest BCUT2D eigenvalue weighted by Gasteiger charge is 2.35. The van der Waals surface area contributed by atoms with Crippen molar-refractivity contribution in [1.29, 1.82) is 0 Å². The fourth-order valence-electron chi connectivity index (χ4n) is 5.38. The normalized spacial score (nSPS) is 14.5. The van der Waals surface area contributed by atoms with Gasteiger partial charge in [0.1, 0.15) is 11.5 Å². The van der Waals surface area contributed by atoms with Gasteiger partial charge in [-0.2, -0.15) is 0 Å². The monoisotopic (exact) mass is 504 g/mol. The zero-order valence-corrected chi connectivity index (χ0v) is 21.9. The van der Waals surface area contributed by atoms with Gasteiger partial charge < -0.3 is 9.47 Å². The minimum absolute atomic E-state index is 0.128. The molecule has 4 heteroatoms. The molecule has 1 aliphatic carbocycles. The molecule has 0 radical (unpaired) electrons. The predicted molar refractivity (Wildman–Crippen MR) is 149 cm³/mol. The Morgan fingerprint density at radius 2 is 1.11 bits per heavy atom. The Morgan fingerprint density at radius 1 is 0.579 bits per heavy atom. The van der Waals surface area contributed by atoms with Crippen molar-refractivity contribution in [3.8, 4) is 11.5 Å². The summed E-state index contributed by atoms with van der Waals surface area (Å²) in [4.78, 5) is 25.1. The molecule has 0 saturated heterocycles. The molecule has 5 rings (SSSR count). The molecule has 4 aromatic rings. The van der Waals surface area contributed by atoms with Crippen molar-refractivity contribution >= 4 is 11.9 Å². The lowest BCUT2D eigenvalue weighted by Gasteiger charge is -2.38. The standard InChI is InChI=1S/C34H32O4/c1-24-9-11-26(12-10-24)32(35)37-30-17-13-28(14-18-30)34(21-4-3-5-22-34)29-15-19-31(20-16-29)38-33(36)27-8-6-7-25(2)23-27/h6-20,23H,3-5,21-22H2,1-2H3. The molecule has 0 atom stereocenters. The van der Waals surface area contributed by atoms with Crippen LogP contribution >= 0.6 is 0 Å². The number of ether oxygens (including phenoxy) is 2. The molecule has 0 bridgehead atoms. The quantitative estimate of drug-likeness (QED) is 0.197. The molecule has 4 nitrogen and oxygen atoms in total. The Hall–Kier alpha value is -4.18. The van der Waals surface area contributed by atoms with Gasteiger partial charge in [-0.25, -0.2) is 9.59 Å². The summed E-state index contributed by atoms with van der Waals surface area (Å²) in [6.07, 6.45) is 5.60. The molecule has 0 heterocycles. The Kier molecular flexibility index (Phi) is 7.41. The maximum absolute atomic E-state index is 12.6. The number of hydrogen-bond donors (Lipinski definition) is 0. The van der Waals surface area contributed by atoms with Crippen LogP contribution in [0.4, 0.5) is 0 Å². The molecule has 1 saturated carbocycles. The van der Waals surface area contributed by atoms with Crippen molar-refractivity contribution in [1.82, 2.24) is 0 Å². The van der Waals surface area contributed by atoms with Gasteiger partial charge in [-0.3, -0.25) is 0 Å². The summed E-state index contributed by atoms with van der Waals surface area (Å²) < 4.78 is 11.3. The first-order valence-corrected chi connectivity index (χ1v) is 13.2. The van der Waals surface area contributed by atoms with Crippen molar-refractivity contribution in [3.05, 3.63) is 130 Å². The van der Waals surface area contributed by atoms with Gasteiger partial charge in [0.15, 0.2) is 0 Å². The van der Waals surface area contributed by atoms with E-state index in [1.54, 1.807) is 18.2 Å². The van der Waals surface area contributed by atoms with E-state index in [0.717, 1.165) is 36.8 Å². The molecule has 0 amide bonds. The van der Waals surface area contributed by atoms with Crippen molar-refractivity contribution in [3.63, 3.8) is 0 Å². The molecule has 38 heavy (non-hydrogen) atoms. The lowest BCUT2D eigenvalue weighted by molar-refractivity contribution is 0.0725. The van der Waals surface area contributed by atoms with E-state index in [1.165, 1.54) is 17.5 Å². The van der Waals surface area contributed by atoms with E-state index in [4.69, 9.17) is 9.47 Å². The van der Waals surface area contributed by atoms with Gasteiger partial charge in [-0.15, -0.1) is 0 Å². The number of aryl methyl sites for hydroxylation is 2. The number of benzene rings is 4. The third kappa shape index (κ3) is 5.55. The summed E-state index contributed by atoms with van der Waals surface area (Å²) in [5.41, 5.74) is 5.48. The van der Waals surface area contributed by atoms with Crippen LogP contribution in [0.15, 0.2) is 97.1 Å². The number of carbonyl (C=O) groups is 2. The summed E-state index contributed by atoms with van der Waals surface area (Å²) >= 11 is 0. The molecule has 1 fully saturated rings. The summed E-state index contributed by atoms with van der Waals surface area (Å²) in [5.74, 6) is 0.346. The highest BCUT2D eigenvalue weighted by Crippen LogP contribution is 2.45. The van der Waals surface area contributed by atoms with E-state index in [2.05, 4.69) is 24.3 Å². The number of esters is 2. The van der Waals surface area contributed by atoms with Crippen molar-refractivity contribution in [2.24, 2.45) is 0 Å². The SMILES string of the molecule is Cc1ccc(C(=O)Oc2ccc(C3(c4ccc(OC(=O)c5cccc(C)c5)cc4)CCCCC3)cc2)cc1. The van der Waals surface area contributed by atoms with Gasteiger partial charge in [0, 0.05) is 5.41 Å². The second kappa shape index (κ2) is 11.1. The minimum atomic E-state index is -0.360. The molecule has 0 spiro atoms. The Morgan fingerprint density at radius 3 is 1.63 bits per heavy atom. The minimum Gasteiger partial charge on any atom is -0.423 e. The fourth-order valence-corrected chi connectivity index (χ4v) is 5.38. The van der Waals surface area contributed by atoms with E-state index in [9.17, 15) is 9.59 Å². The zero-order valence-electron chi connectivity index (χ0n) is 21.9. The lowest BCUT2D eigenvalue weighted by atomic mass is 9.65. The average Bonchev–Trinajstić information content (AvgIpc) is 2.94. The number of carbonyl (C=O) groups excluding carboxylic acids is 2. The van der Waals surface area contributed by atoms with E-state index in [-0.39, 0.29) is 17.4 Å². The Labute approximate surface area is 224 Å². The largest absolute Gasteiger partial charge is 0.423 e. The Bertz CT molecular complexity index is 1410. The molecule has 4 aromatic carbocycles. The van der Waals surface area contributed by atoms with Gasteiger partial charge >= 0.3 is 11.9 Å². The third-order valence-electron chi connectivity index (χ3n) is 7.48. The van der Waals surface area contributed by atoms with Gasteiger partial charge in [-0.1, -0.05) is 78.9 Å². The predicted octanol–water partition coefficient (Wildman–Crippen LogP) is 7.99.